The van der Waals surface area contributed by atoms with Gasteiger partial charge in [-0.25, -0.2) is 8.42 Å². The van der Waals surface area contributed by atoms with Gasteiger partial charge in [-0.1, -0.05) is 17.7 Å². The lowest BCUT2D eigenvalue weighted by atomic mass is 10.1. The van der Waals surface area contributed by atoms with E-state index in [1.807, 2.05) is 6.92 Å². The summed E-state index contributed by atoms with van der Waals surface area (Å²) in [4.78, 5) is 24.9. The summed E-state index contributed by atoms with van der Waals surface area (Å²) in [6.07, 6.45) is 0.177. The van der Waals surface area contributed by atoms with Crippen LogP contribution in [0.1, 0.15) is 18.4 Å². The number of carbonyl (C=O) groups excluding carboxylic acids is 1. The average molecular weight is 354 g/mol. The Balaban J connectivity index is 1.87. The number of aryl methyl sites for hydroxylation is 1. The van der Waals surface area contributed by atoms with Crippen molar-refractivity contribution in [2.45, 2.75) is 36.7 Å². The van der Waals surface area contributed by atoms with E-state index in [0.717, 1.165) is 5.56 Å². The van der Waals surface area contributed by atoms with Gasteiger partial charge in [-0.2, -0.15) is 0 Å². The van der Waals surface area contributed by atoms with Gasteiger partial charge in [0.1, 0.15) is 6.04 Å². The van der Waals surface area contributed by atoms with Crippen molar-refractivity contribution in [3.8, 4) is 0 Å². The molecule has 1 aromatic rings. The minimum atomic E-state index is -3.51. The molecule has 7 nitrogen and oxygen atoms in total. The molecule has 1 saturated heterocycles. The molecule has 1 aromatic carbocycles. The van der Waals surface area contributed by atoms with E-state index in [9.17, 15) is 18.0 Å². The van der Waals surface area contributed by atoms with Crippen molar-refractivity contribution >= 4 is 21.7 Å². The molecule has 0 saturated carbocycles. The summed E-state index contributed by atoms with van der Waals surface area (Å²) in [5.74, 6) is -1.57. The van der Waals surface area contributed by atoms with E-state index in [2.05, 4.69) is 5.32 Å². The number of carboxylic acids is 1. The number of nitrogens with zero attached hydrogens (tertiary/aromatic N) is 1. The minimum absolute atomic E-state index is 0.145. The Hall–Kier alpha value is -1.93. The molecule has 2 rings (SSSR count). The van der Waals surface area contributed by atoms with Gasteiger partial charge in [0.25, 0.3) is 0 Å². The van der Waals surface area contributed by atoms with Crippen molar-refractivity contribution in [2.75, 3.05) is 19.3 Å². The van der Waals surface area contributed by atoms with Crippen LogP contribution in [0, 0.1) is 6.92 Å². The summed E-state index contributed by atoms with van der Waals surface area (Å²) in [6.45, 7) is 2.31. The molecule has 0 spiro atoms. The molecular weight excluding hydrogens is 332 g/mol. The van der Waals surface area contributed by atoms with Crippen LogP contribution < -0.4 is 5.32 Å². The third-order valence-corrected chi connectivity index (χ3v) is 5.91. The van der Waals surface area contributed by atoms with Gasteiger partial charge in [-0.15, -0.1) is 0 Å². The zero-order valence-corrected chi connectivity index (χ0v) is 14.5. The van der Waals surface area contributed by atoms with Crippen molar-refractivity contribution in [1.82, 2.24) is 10.2 Å². The van der Waals surface area contributed by atoms with E-state index in [4.69, 9.17) is 5.11 Å². The van der Waals surface area contributed by atoms with Gasteiger partial charge < -0.3 is 10.4 Å². The second-order valence-corrected chi connectivity index (χ2v) is 8.28. The number of amides is 1. The van der Waals surface area contributed by atoms with Crippen LogP contribution in [0.15, 0.2) is 29.2 Å². The Morgan fingerprint density at radius 1 is 1.29 bits per heavy atom. The first-order chi connectivity index (χ1) is 11.2. The van der Waals surface area contributed by atoms with Gasteiger partial charge in [-0.05, 0) is 32.5 Å². The molecule has 0 aromatic heterocycles. The van der Waals surface area contributed by atoms with E-state index in [-0.39, 0.29) is 29.0 Å². The number of hydrogen-bond donors (Lipinski definition) is 2. The Morgan fingerprint density at radius 3 is 2.46 bits per heavy atom. The standard InChI is InChI=1S/C16H22N2O5S/c1-11-3-5-13(6-4-11)24(22,23)8-7-15(19)17-12-9-14(16(20)21)18(2)10-12/h3-6,12,14H,7-10H2,1-2H3,(H,17,19)(H,20,21)/t12-,14-/m0/s1. The van der Waals surface area contributed by atoms with E-state index in [0.29, 0.717) is 13.0 Å². The van der Waals surface area contributed by atoms with Crippen LogP contribution in [-0.2, 0) is 19.4 Å². The first-order valence-electron chi connectivity index (χ1n) is 7.71. The molecule has 0 aliphatic carbocycles. The SMILES string of the molecule is Cc1ccc(S(=O)(=O)CCC(=O)N[C@H]2C[C@@H](C(=O)O)N(C)C2)cc1. The van der Waals surface area contributed by atoms with Crippen LogP contribution in [0.4, 0.5) is 0 Å². The van der Waals surface area contributed by atoms with Crippen LogP contribution >= 0.6 is 0 Å². The van der Waals surface area contributed by atoms with Gasteiger partial charge in [0.05, 0.1) is 10.6 Å². The lowest BCUT2D eigenvalue weighted by Gasteiger charge is -2.13. The fraction of sp³-hybridized carbons (Fsp3) is 0.500. The smallest absolute Gasteiger partial charge is 0.320 e. The number of hydrogen-bond acceptors (Lipinski definition) is 5. The quantitative estimate of drug-likeness (QED) is 0.768. The van der Waals surface area contributed by atoms with Crippen molar-refractivity contribution in [2.24, 2.45) is 0 Å². The molecular formula is C16H22N2O5S. The highest BCUT2D eigenvalue weighted by Crippen LogP contribution is 2.17. The highest BCUT2D eigenvalue weighted by Gasteiger charge is 2.35. The highest BCUT2D eigenvalue weighted by molar-refractivity contribution is 7.91. The van der Waals surface area contributed by atoms with Crippen LogP contribution in [0.2, 0.25) is 0 Å². The second-order valence-electron chi connectivity index (χ2n) is 6.18. The summed E-state index contributed by atoms with van der Waals surface area (Å²) in [7, 11) is -1.82. The van der Waals surface area contributed by atoms with Crippen molar-refractivity contribution < 1.29 is 23.1 Å². The van der Waals surface area contributed by atoms with Crippen molar-refractivity contribution in [1.29, 1.82) is 0 Å². The monoisotopic (exact) mass is 354 g/mol. The molecule has 1 aliphatic rings. The second kappa shape index (κ2) is 7.31. The van der Waals surface area contributed by atoms with Crippen LogP contribution in [-0.4, -0.2) is 61.7 Å². The molecule has 1 aliphatic heterocycles. The van der Waals surface area contributed by atoms with Crippen LogP contribution in [0.5, 0.6) is 0 Å². The number of nitrogens with one attached hydrogen (secondary N) is 1. The Bertz CT molecular complexity index is 714. The number of rotatable bonds is 6. The Kier molecular flexibility index (Phi) is 5.61. The van der Waals surface area contributed by atoms with Crippen LogP contribution in [0.3, 0.4) is 0 Å². The first-order valence-corrected chi connectivity index (χ1v) is 9.36. The van der Waals surface area contributed by atoms with Crippen LogP contribution in [0.25, 0.3) is 0 Å². The summed E-state index contributed by atoms with van der Waals surface area (Å²) in [5, 5.41) is 11.8. The topological polar surface area (TPSA) is 104 Å². The number of likely N-dealkylation sites (N-methyl/N-ethyl adjacent to an activating group) is 1. The third kappa shape index (κ3) is 4.55. The van der Waals surface area contributed by atoms with Crippen molar-refractivity contribution in [3.05, 3.63) is 29.8 Å². The number of carbonyl (C=O) groups is 2. The Labute approximate surface area is 141 Å². The Morgan fingerprint density at radius 2 is 1.92 bits per heavy atom. The molecule has 0 unspecified atom stereocenters. The lowest BCUT2D eigenvalue weighted by Crippen LogP contribution is -2.37. The predicted octanol–water partition coefficient (Wildman–Crippen LogP) is 0.432. The predicted molar refractivity (Wildman–Crippen MR) is 88.5 cm³/mol. The fourth-order valence-electron chi connectivity index (χ4n) is 2.78. The van der Waals surface area contributed by atoms with Gasteiger partial charge in [0.15, 0.2) is 9.84 Å². The van der Waals surface area contributed by atoms with Crippen molar-refractivity contribution in [3.63, 3.8) is 0 Å². The maximum atomic E-state index is 12.2. The zero-order chi connectivity index (χ0) is 17.9. The zero-order valence-electron chi connectivity index (χ0n) is 13.7. The first kappa shape index (κ1) is 18.4. The van der Waals surface area contributed by atoms with E-state index < -0.39 is 21.8 Å². The number of benzene rings is 1. The molecule has 1 heterocycles. The van der Waals surface area contributed by atoms with Gasteiger partial charge in [0, 0.05) is 19.0 Å². The van der Waals surface area contributed by atoms with E-state index >= 15 is 0 Å². The average Bonchev–Trinajstić information content (AvgIpc) is 2.86. The maximum absolute atomic E-state index is 12.2. The minimum Gasteiger partial charge on any atom is -0.480 e. The molecule has 2 N–H and O–H groups in total. The van der Waals surface area contributed by atoms with Gasteiger partial charge in [-0.3, -0.25) is 14.5 Å². The number of carboxylic acid groups (broad SMARTS) is 1. The summed E-state index contributed by atoms with van der Waals surface area (Å²) in [6, 6.07) is 5.61. The molecule has 8 heteroatoms. The normalized spacial score (nSPS) is 21.6. The molecule has 24 heavy (non-hydrogen) atoms. The molecule has 2 atom stereocenters. The van der Waals surface area contributed by atoms with E-state index in [1.165, 1.54) is 12.1 Å². The highest BCUT2D eigenvalue weighted by atomic mass is 32.2. The summed E-state index contributed by atoms with van der Waals surface area (Å²) in [5.41, 5.74) is 0.963. The summed E-state index contributed by atoms with van der Waals surface area (Å²) < 4.78 is 24.4. The van der Waals surface area contributed by atoms with E-state index in [1.54, 1.807) is 24.1 Å². The fourth-order valence-corrected chi connectivity index (χ4v) is 4.02. The van der Waals surface area contributed by atoms with Gasteiger partial charge in [0.2, 0.25) is 5.91 Å². The van der Waals surface area contributed by atoms with Gasteiger partial charge >= 0.3 is 5.97 Å². The maximum Gasteiger partial charge on any atom is 0.320 e. The molecule has 1 amide bonds. The third-order valence-electron chi connectivity index (χ3n) is 4.18. The number of likely N-dealkylation sites (tertiary alicyclic amines) is 1. The summed E-state index contributed by atoms with van der Waals surface area (Å²) >= 11 is 0. The molecule has 1 fully saturated rings. The molecule has 0 bridgehead atoms. The number of aliphatic carboxylic acids is 1. The molecule has 0 radical (unpaired) electrons. The molecule has 132 valence electrons. The number of sulfone groups is 1. The lowest BCUT2D eigenvalue weighted by molar-refractivity contribution is -0.141. The largest absolute Gasteiger partial charge is 0.480 e.